The molecule has 0 aliphatic heterocycles. The smallest absolute Gasteiger partial charge is 0.163 e. The van der Waals surface area contributed by atoms with E-state index in [9.17, 15) is 8.42 Å². The lowest BCUT2D eigenvalue weighted by molar-refractivity contribution is 0.536. The minimum atomic E-state index is -3.14. The van der Waals surface area contributed by atoms with Gasteiger partial charge in [-0.3, -0.25) is 0 Å². The zero-order valence-corrected chi connectivity index (χ0v) is 9.33. The molecule has 12 heavy (non-hydrogen) atoms. The van der Waals surface area contributed by atoms with Gasteiger partial charge >= 0.3 is 0 Å². The molecule has 0 saturated heterocycles. The van der Waals surface area contributed by atoms with Gasteiger partial charge < -0.3 is 0 Å². The standard InChI is InChI=1S/C9H18O2S/c1-7-9(5,6)12(10,11)8(2,3)4/h7H,1H2,2-6H3. The summed E-state index contributed by atoms with van der Waals surface area (Å²) in [5, 5.41) is 0. The Kier molecular flexibility index (Phi) is 2.80. The van der Waals surface area contributed by atoms with Gasteiger partial charge in [-0.05, 0) is 34.6 Å². The van der Waals surface area contributed by atoms with Gasteiger partial charge in [0.05, 0.1) is 9.49 Å². The molecule has 0 atom stereocenters. The van der Waals surface area contributed by atoms with Crippen LogP contribution >= 0.6 is 0 Å². The largest absolute Gasteiger partial charge is 0.227 e. The molecule has 0 spiro atoms. The van der Waals surface area contributed by atoms with Crippen molar-refractivity contribution in [2.24, 2.45) is 0 Å². The van der Waals surface area contributed by atoms with Crippen molar-refractivity contribution in [2.45, 2.75) is 44.1 Å². The van der Waals surface area contributed by atoms with E-state index in [0.717, 1.165) is 0 Å². The molecule has 0 aromatic heterocycles. The fraction of sp³-hybridized carbons (Fsp3) is 0.778. The van der Waals surface area contributed by atoms with Gasteiger partial charge in [0.2, 0.25) is 0 Å². The minimum Gasteiger partial charge on any atom is -0.227 e. The quantitative estimate of drug-likeness (QED) is 0.625. The second kappa shape index (κ2) is 2.87. The summed E-state index contributed by atoms with van der Waals surface area (Å²) in [5.74, 6) is 0. The zero-order valence-electron chi connectivity index (χ0n) is 8.51. The van der Waals surface area contributed by atoms with E-state index in [4.69, 9.17) is 0 Å². The molecule has 0 amide bonds. The predicted molar refractivity (Wildman–Crippen MR) is 52.9 cm³/mol. The van der Waals surface area contributed by atoms with Crippen molar-refractivity contribution in [1.82, 2.24) is 0 Å². The molecule has 0 aliphatic carbocycles. The summed E-state index contributed by atoms with van der Waals surface area (Å²) in [6, 6.07) is 0. The topological polar surface area (TPSA) is 34.1 Å². The Morgan fingerprint density at radius 2 is 1.42 bits per heavy atom. The lowest BCUT2D eigenvalue weighted by Crippen LogP contribution is -2.42. The third-order valence-corrected chi connectivity index (χ3v) is 5.15. The molecular weight excluding hydrogens is 172 g/mol. The van der Waals surface area contributed by atoms with Crippen molar-refractivity contribution in [3.05, 3.63) is 12.7 Å². The maximum Gasteiger partial charge on any atom is 0.163 e. The van der Waals surface area contributed by atoms with E-state index >= 15 is 0 Å². The molecule has 0 saturated carbocycles. The summed E-state index contributed by atoms with van der Waals surface area (Å²) >= 11 is 0. The molecule has 0 aromatic rings. The highest BCUT2D eigenvalue weighted by molar-refractivity contribution is 7.94. The SMILES string of the molecule is C=CC(C)(C)S(=O)(=O)C(C)(C)C. The van der Waals surface area contributed by atoms with Crippen molar-refractivity contribution in [3.63, 3.8) is 0 Å². The second-order valence-electron chi connectivity index (χ2n) is 4.42. The van der Waals surface area contributed by atoms with E-state index in [1.54, 1.807) is 34.6 Å². The molecule has 0 rings (SSSR count). The van der Waals surface area contributed by atoms with Crippen LogP contribution in [-0.4, -0.2) is 17.9 Å². The van der Waals surface area contributed by atoms with Gasteiger partial charge in [-0.1, -0.05) is 6.08 Å². The Labute approximate surface area is 75.6 Å². The average molecular weight is 190 g/mol. The molecule has 0 fully saturated rings. The van der Waals surface area contributed by atoms with E-state index in [0.29, 0.717) is 0 Å². The van der Waals surface area contributed by atoms with Crippen molar-refractivity contribution >= 4 is 9.84 Å². The molecule has 0 unspecified atom stereocenters. The number of hydrogen-bond donors (Lipinski definition) is 0. The summed E-state index contributed by atoms with van der Waals surface area (Å²) in [4.78, 5) is 0. The number of sulfone groups is 1. The van der Waals surface area contributed by atoms with Crippen molar-refractivity contribution in [3.8, 4) is 0 Å². The second-order valence-corrected chi connectivity index (χ2v) is 7.71. The lowest BCUT2D eigenvalue weighted by Gasteiger charge is -2.30. The fourth-order valence-electron chi connectivity index (χ4n) is 0.899. The Bertz CT molecular complexity index is 265. The van der Waals surface area contributed by atoms with E-state index < -0.39 is 19.3 Å². The van der Waals surface area contributed by atoms with Crippen LogP contribution in [-0.2, 0) is 9.84 Å². The van der Waals surface area contributed by atoms with Crippen molar-refractivity contribution in [1.29, 1.82) is 0 Å². The predicted octanol–water partition coefficient (Wildman–Crippen LogP) is 2.16. The van der Waals surface area contributed by atoms with Crippen LogP contribution in [0.5, 0.6) is 0 Å². The highest BCUT2D eigenvalue weighted by Crippen LogP contribution is 2.29. The first-order chi connectivity index (χ1) is 5.06. The van der Waals surface area contributed by atoms with Gasteiger partial charge in [0.25, 0.3) is 0 Å². The van der Waals surface area contributed by atoms with E-state index in [2.05, 4.69) is 6.58 Å². The Morgan fingerprint density at radius 3 is 1.50 bits per heavy atom. The monoisotopic (exact) mass is 190 g/mol. The lowest BCUT2D eigenvalue weighted by atomic mass is 10.2. The third kappa shape index (κ3) is 1.71. The van der Waals surface area contributed by atoms with Crippen LogP contribution in [0.15, 0.2) is 12.7 Å². The maximum absolute atomic E-state index is 11.8. The molecule has 0 heterocycles. The number of hydrogen-bond acceptors (Lipinski definition) is 2. The summed E-state index contributed by atoms with van der Waals surface area (Å²) < 4.78 is 22.1. The van der Waals surface area contributed by atoms with Crippen LogP contribution < -0.4 is 0 Å². The maximum atomic E-state index is 11.8. The van der Waals surface area contributed by atoms with Crippen LogP contribution in [0.25, 0.3) is 0 Å². The first-order valence-electron chi connectivity index (χ1n) is 3.94. The normalized spacial score (nSPS) is 14.4. The van der Waals surface area contributed by atoms with E-state index in [1.807, 2.05) is 0 Å². The van der Waals surface area contributed by atoms with Gasteiger partial charge in [0.1, 0.15) is 0 Å². The third-order valence-electron chi connectivity index (χ3n) is 1.99. The average Bonchev–Trinajstić information content (AvgIpc) is 1.85. The number of rotatable bonds is 2. The summed E-state index contributed by atoms with van der Waals surface area (Å²) in [5.41, 5.74) is 0. The molecule has 72 valence electrons. The molecule has 3 heteroatoms. The van der Waals surface area contributed by atoms with Gasteiger partial charge in [-0.2, -0.15) is 0 Å². The minimum absolute atomic E-state index is 0.718. The molecule has 0 radical (unpaired) electrons. The summed E-state index contributed by atoms with van der Waals surface area (Å²) in [7, 11) is -3.14. The van der Waals surface area contributed by atoms with Crippen LogP contribution in [0.3, 0.4) is 0 Å². The first kappa shape index (κ1) is 11.7. The highest BCUT2D eigenvalue weighted by atomic mass is 32.2. The highest BCUT2D eigenvalue weighted by Gasteiger charge is 2.40. The van der Waals surface area contributed by atoms with Gasteiger partial charge in [0, 0.05) is 0 Å². The molecule has 0 aromatic carbocycles. The Hall–Kier alpha value is -0.310. The Morgan fingerprint density at radius 1 is 1.08 bits per heavy atom. The summed E-state index contributed by atoms with van der Waals surface area (Å²) in [6.45, 7) is 12.0. The molecule has 0 bridgehead atoms. The van der Waals surface area contributed by atoms with Gasteiger partial charge in [-0.15, -0.1) is 6.58 Å². The van der Waals surface area contributed by atoms with Gasteiger partial charge in [-0.25, -0.2) is 8.42 Å². The van der Waals surface area contributed by atoms with Gasteiger partial charge in [0.15, 0.2) is 9.84 Å². The molecule has 2 nitrogen and oxygen atoms in total. The fourth-order valence-corrected chi connectivity index (χ4v) is 2.70. The molecule has 0 N–H and O–H groups in total. The van der Waals surface area contributed by atoms with Crippen molar-refractivity contribution in [2.75, 3.05) is 0 Å². The van der Waals surface area contributed by atoms with E-state index in [1.165, 1.54) is 6.08 Å². The first-order valence-corrected chi connectivity index (χ1v) is 5.42. The Balaban J connectivity index is 5.30. The summed E-state index contributed by atoms with van der Waals surface area (Å²) in [6.07, 6.45) is 1.48. The molecular formula is C9H18O2S. The van der Waals surface area contributed by atoms with Crippen molar-refractivity contribution < 1.29 is 8.42 Å². The van der Waals surface area contributed by atoms with Crippen LogP contribution in [0.2, 0.25) is 0 Å². The van der Waals surface area contributed by atoms with Crippen LogP contribution in [0.4, 0.5) is 0 Å². The van der Waals surface area contributed by atoms with Crippen LogP contribution in [0.1, 0.15) is 34.6 Å². The zero-order chi connectivity index (χ0) is 10.2. The van der Waals surface area contributed by atoms with Crippen LogP contribution in [0, 0.1) is 0 Å². The van der Waals surface area contributed by atoms with E-state index in [-0.39, 0.29) is 0 Å². The molecule has 0 aliphatic rings.